The molecule has 2 aromatic rings. The monoisotopic (exact) mass is 508 g/mol. The molecule has 0 fully saturated rings. The highest BCUT2D eigenvalue weighted by Gasteiger charge is 2.40. The maximum Gasteiger partial charge on any atom is 0.349 e. The molecule has 1 aliphatic rings. The van der Waals surface area contributed by atoms with Gasteiger partial charge in [0.15, 0.2) is 6.67 Å². The van der Waals surface area contributed by atoms with Gasteiger partial charge in [0.2, 0.25) is 0 Å². The van der Waals surface area contributed by atoms with Crippen LogP contribution in [0.2, 0.25) is 5.02 Å². The lowest BCUT2D eigenvalue weighted by Crippen LogP contribution is -2.60. The Morgan fingerprint density at radius 3 is 2.56 bits per heavy atom. The van der Waals surface area contributed by atoms with E-state index in [0.29, 0.717) is 29.2 Å². The first-order valence-corrected chi connectivity index (χ1v) is 13.0. The maximum atomic E-state index is 13.7. The van der Waals surface area contributed by atoms with Crippen molar-refractivity contribution in [3.63, 3.8) is 0 Å². The zero-order chi connectivity index (χ0) is 24.9. The van der Waals surface area contributed by atoms with Crippen molar-refractivity contribution in [1.82, 2.24) is 10.0 Å². The predicted octanol–water partition coefficient (Wildman–Crippen LogP) is 3.99. The maximum absolute atomic E-state index is 13.7. The Kier molecular flexibility index (Phi) is 8.19. The molecule has 3 N–H and O–H groups in total. The number of benzene rings is 2. The number of halogens is 1. The molecule has 0 spiro atoms. The van der Waals surface area contributed by atoms with Crippen LogP contribution in [-0.4, -0.2) is 44.3 Å². The zero-order valence-corrected chi connectivity index (χ0v) is 20.7. The zero-order valence-electron chi connectivity index (χ0n) is 19.1. The minimum absolute atomic E-state index is 0.0692. The molecule has 34 heavy (non-hydrogen) atoms. The minimum Gasteiger partial charge on any atom is -0.623 e. The molecular weight excluding hydrogens is 480 g/mol. The van der Waals surface area contributed by atoms with Crippen LogP contribution in [0.4, 0.5) is 10.5 Å². The Morgan fingerprint density at radius 1 is 1.21 bits per heavy atom. The van der Waals surface area contributed by atoms with Gasteiger partial charge >= 0.3 is 11.9 Å². The second-order valence-corrected chi connectivity index (χ2v) is 10.4. The molecule has 3 rings (SSSR count). The Bertz CT molecular complexity index is 1160. The number of sulfonamides is 1. The number of urea groups is 1. The second kappa shape index (κ2) is 10.7. The Balaban J connectivity index is 1.72. The third-order valence-corrected chi connectivity index (χ3v) is 7.45. The van der Waals surface area contributed by atoms with Crippen molar-refractivity contribution in [3.05, 3.63) is 63.8 Å². The molecule has 1 heterocycles. The van der Waals surface area contributed by atoms with Gasteiger partial charge in [0.25, 0.3) is 10.0 Å². The topological polar surface area (TPSA) is 127 Å². The van der Waals surface area contributed by atoms with Gasteiger partial charge in [-0.05, 0) is 48.7 Å². The number of quaternary nitrogens is 1. The molecule has 0 saturated heterocycles. The van der Waals surface area contributed by atoms with Crippen LogP contribution in [0.15, 0.2) is 47.4 Å². The molecule has 2 unspecified atom stereocenters. The van der Waals surface area contributed by atoms with E-state index in [9.17, 15) is 23.2 Å². The Morgan fingerprint density at radius 2 is 1.91 bits per heavy atom. The van der Waals surface area contributed by atoms with Crippen LogP contribution in [0.25, 0.3) is 0 Å². The highest BCUT2D eigenvalue weighted by molar-refractivity contribution is 7.90. The first kappa shape index (κ1) is 26.0. The number of rotatable bonds is 9. The number of nitrogens with zero attached hydrogens (tertiary/aromatic N) is 1. The standard InChI is InChI=1S/C23H29ClN4O5S/c1-3-5-12-25-23(30)27-34(32,33)19-9-6-16(7-10-19)13-18(4-2)28(31)15-26-21-11-8-17(24)14-20(21)22(28)29/h6-11,14,18,26H,3-5,12-13,15H2,1-2H3,(H2,25,27,30). The number of hydroxylamine groups is 3. The quantitative estimate of drug-likeness (QED) is 0.267. The van der Waals surface area contributed by atoms with Gasteiger partial charge in [-0.25, -0.2) is 22.7 Å². The van der Waals surface area contributed by atoms with Crippen LogP contribution in [0, 0.1) is 5.21 Å². The number of nitrogens with one attached hydrogen (secondary N) is 3. The summed E-state index contributed by atoms with van der Waals surface area (Å²) in [6, 6.07) is 9.40. The lowest BCUT2D eigenvalue weighted by molar-refractivity contribution is -0.823. The van der Waals surface area contributed by atoms with Gasteiger partial charge in [0, 0.05) is 18.0 Å². The number of amides is 3. The molecule has 2 aromatic carbocycles. The molecule has 0 aliphatic carbocycles. The van der Waals surface area contributed by atoms with E-state index in [1.54, 1.807) is 24.3 Å². The fourth-order valence-corrected chi connectivity index (χ4v) is 4.98. The molecule has 0 saturated carbocycles. The summed E-state index contributed by atoms with van der Waals surface area (Å²) in [5.41, 5.74) is 1.54. The predicted molar refractivity (Wildman–Crippen MR) is 131 cm³/mol. The van der Waals surface area contributed by atoms with Crippen molar-refractivity contribution in [2.24, 2.45) is 0 Å². The number of carbonyl (C=O) groups excluding carboxylic acids is 2. The van der Waals surface area contributed by atoms with Crippen LogP contribution >= 0.6 is 11.6 Å². The SMILES string of the molecule is CCCCNC(=O)NS(=O)(=O)c1ccc(CC(CC)[N+]2([O-])CNc3ccc(Cl)cc3C2=O)cc1. The lowest BCUT2D eigenvalue weighted by Gasteiger charge is -2.48. The molecular formula is C23H29ClN4O5S. The van der Waals surface area contributed by atoms with Gasteiger partial charge in [-0.3, -0.25) is 4.65 Å². The van der Waals surface area contributed by atoms with Crippen LogP contribution in [0.3, 0.4) is 0 Å². The van der Waals surface area contributed by atoms with Crippen LogP contribution in [-0.2, 0) is 16.4 Å². The van der Waals surface area contributed by atoms with Gasteiger partial charge in [-0.1, -0.05) is 44.0 Å². The van der Waals surface area contributed by atoms with Gasteiger partial charge in [0.05, 0.1) is 10.6 Å². The average Bonchev–Trinajstić information content (AvgIpc) is 2.80. The van der Waals surface area contributed by atoms with Crippen molar-refractivity contribution < 1.29 is 22.7 Å². The summed E-state index contributed by atoms with van der Waals surface area (Å²) in [7, 11) is -4.03. The van der Waals surface area contributed by atoms with Gasteiger partial charge < -0.3 is 15.8 Å². The number of hydrogen-bond donors (Lipinski definition) is 3. The van der Waals surface area contributed by atoms with E-state index >= 15 is 0 Å². The fourth-order valence-electron chi connectivity index (χ4n) is 3.88. The molecule has 9 nitrogen and oxygen atoms in total. The lowest BCUT2D eigenvalue weighted by atomic mass is 9.99. The molecule has 3 amide bonds. The molecule has 0 aromatic heterocycles. The highest BCUT2D eigenvalue weighted by atomic mass is 35.5. The van der Waals surface area contributed by atoms with Crippen molar-refractivity contribution in [3.8, 4) is 0 Å². The van der Waals surface area contributed by atoms with Crippen LogP contribution in [0.5, 0.6) is 0 Å². The van der Waals surface area contributed by atoms with E-state index in [-0.39, 0.29) is 23.5 Å². The van der Waals surface area contributed by atoms with Gasteiger partial charge in [-0.15, -0.1) is 0 Å². The van der Waals surface area contributed by atoms with Crippen molar-refractivity contribution in [2.75, 3.05) is 18.5 Å². The number of anilines is 1. The smallest absolute Gasteiger partial charge is 0.349 e. The van der Waals surface area contributed by atoms with Crippen molar-refractivity contribution in [2.45, 2.75) is 50.5 Å². The average molecular weight is 509 g/mol. The first-order valence-electron chi connectivity index (χ1n) is 11.2. The fraction of sp³-hybridized carbons (Fsp3) is 0.391. The number of hydrogen-bond acceptors (Lipinski definition) is 6. The van der Waals surface area contributed by atoms with E-state index in [1.165, 1.54) is 18.2 Å². The number of unbranched alkanes of at least 4 members (excludes halogenated alkanes) is 1. The van der Waals surface area contributed by atoms with Crippen molar-refractivity contribution in [1.29, 1.82) is 0 Å². The largest absolute Gasteiger partial charge is 0.623 e. The van der Waals surface area contributed by atoms with E-state index in [0.717, 1.165) is 12.8 Å². The van der Waals surface area contributed by atoms with Crippen LogP contribution in [0.1, 0.15) is 49.0 Å². The summed E-state index contributed by atoms with van der Waals surface area (Å²) >= 11 is 6.02. The number of carbonyl (C=O) groups is 2. The van der Waals surface area contributed by atoms with E-state index in [4.69, 9.17) is 11.6 Å². The number of fused-ring (bicyclic) bond motifs is 1. The van der Waals surface area contributed by atoms with E-state index in [2.05, 4.69) is 10.6 Å². The van der Waals surface area contributed by atoms with E-state index in [1.807, 2.05) is 18.6 Å². The molecule has 11 heteroatoms. The summed E-state index contributed by atoms with van der Waals surface area (Å²) in [5, 5.41) is 19.6. The molecule has 2 atom stereocenters. The molecule has 184 valence electrons. The first-order chi connectivity index (χ1) is 16.1. The third kappa shape index (κ3) is 5.69. The summed E-state index contributed by atoms with van der Waals surface area (Å²) in [6.07, 6.45) is 2.33. The molecule has 0 radical (unpaired) electrons. The Labute approximate surface area is 204 Å². The van der Waals surface area contributed by atoms with Crippen molar-refractivity contribution >= 4 is 39.2 Å². The summed E-state index contributed by atoms with van der Waals surface area (Å²) in [5.74, 6) is -0.555. The molecule has 1 aliphatic heterocycles. The van der Waals surface area contributed by atoms with Gasteiger partial charge in [-0.2, -0.15) is 0 Å². The third-order valence-electron chi connectivity index (χ3n) is 5.87. The van der Waals surface area contributed by atoms with Crippen LogP contribution < -0.4 is 15.4 Å². The second-order valence-electron chi connectivity index (χ2n) is 8.25. The van der Waals surface area contributed by atoms with E-state index < -0.39 is 32.6 Å². The molecule has 0 bridgehead atoms. The van der Waals surface area contributed by atoms with Gasteiger partial charge in [0.1, 0.15) is 11.6 Å². The Hall–Kier alpha value is -2.66. The normalized spacial score (nSPS) is 18.5. The summed E-state index contributed by atoms with van der Waals surface area (Å²) < 4.78 is 25.8. The summed E-state index contributed by atoms with van der Waals surface area (Å²) in [4.78, 5) is 24.9. The summed E-state index contributed by atoms with van der Waals surface area (Å²) in [6.45, 7) is 4.08. The highest BCUT2D eigenvalue weighted by Crippen LogP contribution is 2.32. The minimum atomic E-state index is -4.03.